The average molecular weight is 244 g/mol. The molecular weight excluding hydrogens is 231 g/mol. The molecule has 1 aliphatic heterocycles. The number of aliphatic hydroxyl groups excluding tert-OH is 3. The Morgan fingerprint density at radius 3 is 2.40 bits per heavy atom. The predicted molar refractivity (Wildman–Crippen MR) is 45.5 cm³/mol. The van der Waals surface area contributed by atoms with Crippen LogP contribution in [-0.4, -0.2) is 56.3 Å². The quantitative estimate of drug-likeness (QED) is 0.357. The van der Waals surface area contributed by atoms with Gasteiger partial charge in [0, 0.05) is 6.42 Å². The van der Waals surface area contributed by atoms with Gasteiger partial charge in [-0.05, 0) is 0 Å². The van der Waals surface area contributed by atoms with E-state index in [1.54, 1.807) is 0 Å². The number of phosphoric acid groups is 1. The van der Waals surface area contributed by atoms with Crippen molar-refractivity contribution in [3.8, 4) is 0 Å². The number of hydrogen-bond acceptors (Lipinski definition) is 6. The fourth-order valence-electron chi connectivity index (χ4n) is 1.26. The van der Waals surface area contributed by atoms with Gasteiger partial charge in [-0.3, -0.25) is 4.52 Å². The molecule has 0 aromatic heterocycles. The molecule has 1 saturated heterocycles. The Labute approximate surface area is 85.3 Å². The minimum absolute atomic E-state index is 0.185. The molecule has 1 fully saturated rings. The van der Waals surface area contributed by atoms with Gasteiger partial charge in [0.25, 0.3) is 0 Å². The van der Waals surface area contributed by atoms with E-state index in [4.69, 9.17) is 19.6 Å². The molecule has 1 rings (SSSR count). The minimum Gasteiger partial charge on any atom is -0.394 e. The first-order chi connectivity index (χ1) is 6.83. The Morgan fingerprint density at radius 1 is 1.33 bits per heavy atom. The van der Waals surface area contributed by atoms with Crippen molar-refractivity contribution in [1.29, 1.82) is 0 Å². The zero-order valence-corrected chi connectivity index (χ0v) is 8.53. The lowest BCUT2D eigenvalue weighted by molar-refractivity contribution is -0.244. The van der Waals surface area contributed by atoms with E-state index < -0.39 is 39.0 Å². The first-order valence-corrected chi connectivity index (χ1v) is 5.73. The third kappa shape index (κ3) is 3.78. The first kappa shape index (κ1) is 13.0. The topological polar surface area (TPSA) is 137 Å². The highest BCUT2D eigenvalue weighted by Crippen LogP contribution is 2.40. The van der Waals surface area contributed by atoms with Gasteiger partial charge in [0.15, 0.2) is 6.29 Å². The lowest BCUT2D eigenvalue weighted by Crippen LogP contribution is -2.49. The van der Waals surface area contributed by atoms with Gasteiger partial charge in [0.1, 0.15) is 12.2 Å². The highest BCUT2D eigenvalue weighted by Gasteiger charge is 2.39. The normalized spacial score (nSPS) is 37.9. The molecule has 8 nitrogen and oxygen atoms in total. The van der Waals surface area contributed by atoms with Gasteiger partial charge in [-0.15, -0.1) is 0 Å². The predicted octanol–water partition coefficient (Wildman–Crippen LogP) is -2.08. The van der Waals surface area contributed by atoms with Gasteiger partial charge < -0.3 is 29.8 Å². The molecule has 0 aromatic carbocycles. The molecule has 0 radical (unpaired) electrons. The standard InChI is InChI=1S/C6H13O8P/c7-2-5-3(8)1-4(9)6(13-5)14-15(10,11)12/h3-9H,1-2H2,(H2,10,11,12)/t3-,4-,5+,6+/m0/s1. The summed E-state index contributed by atoms with van der Waals surface area (Å²) < 4.78 is 19.4. The fourth-order valence-corrected chi connectivity index (χ4v) is 1.72. The molecule has 4 atom stereocenters. The van der Waals surface area contributed by atoms with Crippen molar-refractivity contribution >= 4 is 7.82 Å². The van der Waals surface area contributed by atoms with Crippen molar-refractivity contribution in [2.75, 3.05) is 6.61 Å². The fraction of sp³-hybridized carbons (Fsp3) is 1.00. The van der Waals surface area contributed by atoms with Crippen LogP contribution in [0.3, 0.4) is 0 Å². The molecule has 1 aliphatic rings. The number of hydrogen-bond donors (Lipinski definition) is 5. The van der Waals surface area contributed by atoms with E-state index in [0.29, 0.717) is 0 Å². The minimum atomic E-state index is -4.78. The third-order valence-electron chi connectivity index (χ3n) is 1.96. The lowest BCUT2D eigenvalue weighted by atomic mass is 10.0. The van der Waals surface area contributed by atoms with Crippen molar-refractivity contribution < 1.29 is 38.9 Å². The number of rotatable bonds is 3. The van der Waals surface area contributed by atoms with Crippen molar-refractivity contribution in [2.24, 2.45) is 0 Å². The second-order valence-corrected chi connectivity index (χ2v) is 4.38. The van der Waals surface area contributed by atoms with Crippen LogP contribution in [0.1, 0.15) is 6.42 Å². The van der Waals surface area contributed by atoms with Crippen LogP contribution >= 0.6 is 7.82 Å². The smallest absolute Gasteiger partial charge is 0.394 e. The molecule has 5 N–H and O–H groups in total. The van der Waals surface area contributed by atoms with E-state index in [2.05, 4.69) is 4.52 Å². The lowest BCUT2D eigenvalue weighted by Gasteiger charge is -2.35. The Hall–Kier alpha value is -0.0500. The maximum Gasteiger partial charge on any atom is 0.472 e. The van der Waals surface area contributed by atoms with E-state index in [1.807, 2.05) is 0 Å². The van der Waals surface area contributed by atoms with E-state index in [-0.39, 0.29) is 6.42 Å². The summed E-state index contributed by atoms with van der Waals surface area (Å²) in [6, 6.07) is 0. The molecule has 15 heavy (non-hydrogen) atoms. The van der Waals surface area contributed by atoms with Crippen LogP contribution in [-0.2, 0) is 13.8 Å². The van der Waals surface area contributed by atoms with Crippen molar-refractivity contribution in [1.82, 2.24) is 0 Å². The van der Waals surface area contributed by atoms with E-state index in [1.165, 1.54) is 0 Å². The number of ether oxygens (including phenoxy) is 1. The Kier molecular flexibility index (Phi) is 4.21. The molecule has 0 unspecified atom stereocenters. The van der Waals surface area contributed by atoms with Gasteiger partial charge in [0.2, 0.25) is 0 Å². The summed E-state index contributed by atoms with van der Waals surface area (Å²) in [5.74, 6) is 0. The van der Waals surface area contributed by atoms with Crippen LogP contribution < -0.4 is 0 Å². The van der Waals surface area contributed by atoms with Crippen LogP contribution in [0.4, 0.5) is 0 Å². The molecule has 9 heteroatoms. The molecular formula is C6H13O8P. The summed E-state index contributed by atoms with van der Waals surface area (Å²) in [4.78, 5) is 17.0. The average Bonchev–Trinajstić information content (AvgIpc) is 2.07. The molecule has 0 amide bonds. The Balaban J connectivity index is 2.61. The summed E-state index contributed by atoms with van der Waals surface area (Å²) in [6.07, 6.45) is -5.20. The van der Waals surface area contributed by atoms with Crippen LogP contribution in [0, 0.1) is 0 Å². The van der Waals surface area contributed by atoms with Crippen LogP contribution in [0.25, 0.3) is 0 Å². The van der Waals surface area contributed by atoms with Crippen molar-refractivity contribution in [3.05, 3.63) is 0 Å². The van der Waals surface area contributed by atoms with Crippen LogP contribution in [0.2, 0.25) is 0 Å². The second kappa shape index (κ2) is 4.86. The SMILES string of the molecule is O=P(O)(O)O[C@H]1O[C@H](CO)[C@@H](O)C[C@@H]1O. The zero-order chi connectivity index (χ0) is 11.6. The highest BCUT2D eigenvalue weighted by molar-refractivity contribution is 7.46. The van der Waals surface area contributed by atoms with Crippen LogP contribution in [0.15, 0.2) is 0 Å². The summed E-state index contributed by atoms with van der Waals surface area (Å²) in [6.45, 7) is -0.533. The van der Waals surface area contributed by atoms with Gasteiger partial charge in [0.05, 0.1) is 12.7 Å². The molecule has 0 spiro atoms. The second-order valence-electron chi connectivity index (χ2n) is 3.19. The van der Waals surface area contributed by atoms with Crippen molar-refractivity contribution in [2.45, 2.75) is 31.0 Å². The summed E-state index contributed by atoms with van der Waals surface area (Å²) in [5.41, 5.74) is 0. The summed E-state index contributed by atoms with van der Waals surface area (Å²) >= 11 is 0. The molecule has 1 heterocycles. The highest BCUT2D eigenvalue weighted by atomic mass is 31.2. The zero-order valence-electron chi connectivity index (χ0n) is 7.63. The Bertz CT molecular complexity index is 252. The maximum atomic E-state index is 10.5. The summed E-state index contributed by atoms with van der Waals surface area (Å²) in [5, 5.41) is 27.3. The van der Waals surface area contributed by atoms with Crippen molar-refractivity contribution in [3.63, 3.8) is 0 Å². The number of aliphatic hydroxyl groups is 3. The molecule has 0 aliphatic carbocycles. The van der Waals surface area contributed by atoms with Gasteiger partial charge in [-0.25, -0.2) is 4.57 Å². The molecule has 90 valence electrons. The number of phosphoric ester groups is 1. The van der Waals surface area contributed by atoms with Crippen LogP contribution in [0.5, 0.6) is 0 Å². The Morgan fingerprint density at radius 2 is 1.93 bits per heavy atom. The van der Waals surface area contributed by atoms with E-state index in [9.17, 15) is 14.8 Å². The largest absolute Gasteiger partial charge is 0.472 e. The van der Waals surface area contributed by atoms with Gasteiger partial charge in [-0.2, -0.15) is 0 Å². The molecule has 0 saturated carbocycles. The maximum absolute atomic E-state index is 10.5. The molecule has 0 bridgehead atoms. The third-order valence-corrected chi connectivity index (χ3v) is 2.44. The summed E-state index contributed by atoms with van der Waals surface area (Å²) in [7, 11) is -4.78. The first-order valence-electron chi connectivity index (χ1n) is 4.20. The van der Waals surface area contributed by atoms with Gasteiger partial charge in [-0.1, -0.05) is 0 Å². The van der Waals surface area contributed by atoms with E-state index >= 15 is 0 Å². The van der Waals surface area contributed by atoms with E-state index in [0.717, 1.165) is 0 Å². The van der Waals surface area contributed by atoms with Gasteiger partial charge >= 0.3 is 7.82 Å². The monoisotopic (exact) mass is 244 g/mol. The molecule has 0 aromatic rings.